The average molecular weight is 359 g/mol. The first-order valence-electron chi connectivity index (χ1n) is 6.55. The highest BCUT2D eigenvalue weighted by Gasteiger charge is 2.15. The molecule has 6 heteroatoms. The maximum atomic E-state index is 12.1. The second-order valence-corrected chi connectivity index (χ2v) is 6.01. The number of carbonyl (C=O) groups excluding carboxylic acids is 1. The summed E-state index contributed by atoms with van der Waals surface area (Å²) < 4.78 is 5.61. The fraction of sp³-hybridized carbons (Fsp3) is 0.188. The van der Waals surface area contributed by atoms with E-state index in [1.54, 1.807) is 43.3 Å². The van der Waals surface area contributed by atoms with Crippen molar-refractivity contribution in [2.75, 3.05) is 5.32 Å². The number of ether oxygens (including phenoxy) is 1. The van der Waals surface area contributed by atoms with E-state index in [2.05, 4.69) is 5.32 Å². The van der Waals surface area contributed by atoms with Crippen LogP contribution in [0.25, 0.3) is 0 Å². The summed E-state index contributed by atoms with van der Waals surface area (Å²) in [7, 11) is 0. The van der Waals surface area contributed by atoms with Crippen molar-refractivity contribution >= 4 is 46.4 Å². The molecular weight excluding hydrogens is 345 g/mol. The third-order valence-corrected chi connectivity index (χ3v) is 4.16. The molecule has 0 saturated heterocycles. The van der Waals surface area contributed by atoms with Gasteiger partial charge in [-0.05, 0) is 55.8 Å². The Kier molecular flexibility index (Phi) is 5.57. The summed E-state index contributed by atoms with van der Waals surface area (Å²) in [5.41, 5.74) is 1.44. The maximum Gasteiger partial charge on any atom is 0.265 e. The lowest BCUT2D eigenvalue weighted by Gasteiger charge is -2.15. The number of halogens is 3. The number of aryl methyl sites for hydroxylation is 1. The first-order chi connectivity index (χ1) is 10.4. The molecule has 0 spiro atoms. The summed E-state index contributed by atoms with van der Waals surface area (Å²) in [5, 5.41) is 4.18. The first-order valence-corrected chi connectivity index (χ1v) is 7.69. The van der Waals surface area contributed by atoms with Gasteiger partial charge in [0.25, 0.3) is 5.91 Å². The SMILES string of the molecule is Cc1cc(O[C@H](C)C(=O)Nc2ccc(Cl)c(Cl)c2)ccc1Cl. The Morgan fingerprint density at radius 2 is 1.73 bits per heavy atom. The number of nitrogens with one attached hydrogen (secondary N) is 1. The molecule has 0 aliphatic heterocycles. The monoisotopic (exact) mass is 357 g/mol. The van der Waals surface area contributed by atoms with Gasteiger partial charge in [-0.3, -0.25) is 4.79 Å². The molecule has 2 aromatic carbocycles. The minimum Gasteiger partial charge on any atom is -0.481 e. The van der Waals surface area contributed by atoms with Gasteiger partial charge in [-0.25, -0.2) is 0 Å². The van der Waals surface area contributed by atoms with Gasteiger partial charge in [-0.15, -0.1) is 0 Å². The summed E-state index contributed by atoms with van der Waals surface area (Å²) in [5.74, 6) is 0.296. The molecule has 0 heterocycles. The third kappa shape index (κ3) is 4.29. The highest BCUT2D eigenvalue weighted by Crippen LogP contribution is 2.25. The van der Waals surface area contributed by atoms with Crippen molar-refractivity contribution in [3.8, 4) is 5.75 Å². The molecule has 0 radical (unpaired) electrons. The molecule has 1 amide bonds. The van der Waals surface area contributed by atoms with E-state index < -0.39 is 6.10 Å². The zero-order valence-electron chi connectivity index (χ0n) is 12.0. The van der Waals surface area contributed by atoms with Crippen molar-refractivity contribution < 1.29 is 9.53 Å². The Bertz CT molecular complexity index is 704. The van der Waals surface area contributed by atoms with Crippen LogP contribution in [0.3, 0.4) is 0 Å². The molecule has 1 atom stereocenters. The van der Waals surface area contributed by atoms with Crippen LogP contribution in [0.1, 0.15) is 12.5 Å². The molecule has 2 aromatic rings. The van der Waals surface area contributed by atoms with E-state index >= 15 is 0 Å². The van der Waals surface area contributed by atoms with E-state index in [-0.39, 0.29) is 5.91 Å². The van der Waals surface area contributed by atoms with E-state index in [4.69, 9.17) is 39.5 Å². The Morgan fingerprint density at radius 3 is 2.36 bits per heavy atom. The molecule has 0 aromatic heterocycles. The van der Waals surface area contributed by atoms with Crippen LogP contribution in [-0.2, 0) is 4.79 Å². The van der Waals surface area contributed by atoms with Crippen LogP contribution in [0.15, 0.2) is 36.4 Å². The molecule has 22 heavy (non-hydrogen) atoms. The number of anilines is 1. The van der Waals surface area contributed by atoms with E-state index in [1.807, 2.05) is 6.92 Å². The summed E-state index contributed by atoms with van der Waals surface area (Å²) in [6.07, 6.45) is -0.671. The van der Waals surface area contributed by atoms with Crippen LogP contribution in [0.2, 0.25) is 15.1 Å². The number of benzene rings is 2. The van der Waals surface area contributed by atoms with Crippen LogP contribution < -0.4 is 10.1 Å². The van der Waals surface area contributed by atoms with Crippen LogP contribution >= 0.6 is 34.8 Å². The predicted molar refractivity (Wildman–Crippen MR) is 91.4 cm³/mol. The fourth-order valence-corrected chi connectivity index (χ4v) is 2.18. The Labute approximate surface area is 144 Å². The van der Waals surface area contributed by atoms with Gasteiger partial charge in [0.05, 0.1) is 10.0 Å². The molecule has 0 unspecified atom stereocenters. The molecule has 116 valence electrons. The molecule has 3 nitrogen and oxygen atoms in total. The lowest BCUT2D eigenvalue weighted by Crippen LogP contribution is -2.30. The van der Waals surface area contributed by atoms with Gasteiger partial charge in [0.1, 0.15) is 5.75 Å². The van der Waals surface area contributed by atoms with Gasteiger partial charge in [0, 0.05) is 10.7 Å². The normalized spacial score (nSPS) is 11.9. The van der Waals surface area contributed by atoms with Gasteiger partial charge in [-0.2, -0.15) is 0 Å². The number of carbonyl (C=O) groups is 1. The second kappa shape index (κ2) is 7.23. The number of amides is 1. The Hall–Kier alpha value is -1.42. The van der Waals surface area contributed by atoms with E-state index in [0.717, 1.165) is 5.56 Å². The van der Waals surface area contributed by atoms with Crippen LogP contribution in [0, 0.1) is 6.92 Å². The molecule has 2 rings (SSSR count). The van der Waals surface area contributed by atoms with Gasteiger partial charge >= 0.3 is 0 Å². The third-order valence-electron chi connectivity index (χ3n) is 3.00. The molecule has 0 fully saturated rings. The number of rotatable bonds is 4. The van der Waals surface area contributed by atoms with Crippen molar-refractivity contribution in [1.82, 2.24) is 0 Å². The summed E-state index contributed by atoms with van der Waals surface area (Å²) in [6.45, 7) is 3.53. The minimum atomic E-state index is -0.671. The molecule has 0 saturated carbocycles. The molecule has 0 bridgehead atoms. The largest absolute Gasteiger partial charge is 0.481 e. The Balaban J connectivity index is 2.02. The lowest BCUT2D eigenvalue weighted by atomic mass is 10.2. The van der Waals surface area contributed by atoms with Crippen molar-refractivity contribution in [2.24, 2.45) is 0 Å². The molecule has 0 aliphatic rings. The number of hydrogen-bond donors (Lipinski definition) is 1. The smallest absolute Gasteiger partial charge is 0.265 e. The maximum absolute atomic E-state index is 12.1. The molecule has 1 N–H and O–H groups in total. The zero-order chi connectivity index (χ0) is 16.3. The van der Waals surface area contributed by atoms with E-state index in [9.17, 15) is 4.79 Å². The fourth-order valence-electron chi connectivity index (χ4n) is 1.77. The van der Waals surface area contributed by atoms with Gasteiger partial charge in [-0.1, -0.05) is 34.8 Å². The second-order valence-electron chi connectivity index (χ2n) is 4.79. The molecule has 0 aliphatic carbocycles. The van der Waals surface area contributed by atoms with Crippen molar-refractivity contribution in [3.63, 3.8) is 0 Å². The molecular formula is C16H14Cl3NO2. The minimum absolute atomic E-state index is 0.286. The van der Waals surface area contributed by atoms with E-state index in [0.29, 0.717) is 26.5 Å². The zero-order valence-corrected chi connectivity index (χ0v) is 14.3. The quantitative estimate of drug-likeness (QED) is 0.799. The van der Waals surface area contributed by atoms with E-state index in [1.165, 1.54) is 0 Å². The highest BCUT2D eigenvalue weighted by molar-refractivity contribution is 6.42. The summed E-state index contributed by atoms with van der Waals surface area (Å²) >= 11 is 17.7. The van der Waals surface area contributed by atoms with Crippen LogP contribution in [0.5, 0.6) is 5.75 Å². The summed E-state index contributed by atoms with van der Waals surface area (Å²) in [6, 6.07) is 10.1. The van der Waals surface area contributed by atoms with Gasteiger partial charge in [0.15, 0.2) is 6.10 Å². The standard InChI is InChI=1S/C16H14Cl3NO2/c1-9-7-12(4-6-13(9)17)22-10(2)16(21)20-11-3-5-14(18)15(19)8-11/h3-8,10H,1-2H3,(H,20,21)/t10-/m1/s1. The predicted octanol–water partition coefficient (Wildman–Crippen LogP) is 5.36. The van der Waals surface area contributed by atoms with Gasteiger partial charge in [0.2, 0.25) is 0 Å². The number of hydrogen-bond acceptors (Lipinski definition) is 2. The van der Waals surface area contributed by atoms with Crippen molar-refractivity contribution in [1.29, 1.82) is 0 Å². The van der Waals surface area contributed by atoms with Crippen LogP contribution in [-0.4, -0.2) is 12.0 Å². The first kappa shape index (κ1) is 16.9. The highest BCUT2D eigenvalue weighted by atomic mass is 35.5. The van der Waals surface area contributed by atoms with Crippen molar-refractivity contribution in [3.05, 3.63) is 57.0 Å². The van der Waals surface area contributed by atoms with Crippen LogP contribution in [0.4, 0.5) is 5.69 Å². The van der Waals surface area contributed by atoms with Gasteiger partial charge < -0.3 is 10.1 Å². The Morgan fingerprint density at radius 1 is 1.05 bits per heavy atom. The topological polar surface area (TPSA) is 38.3 Å². The lowest BCUT2D eigenvalue weighted by molar-refractivity contribution is -0.122. The summed E-state index contributed by atoms with van der Waals surface area (Å²) in [4.78, 5) is 12.1. The van der Waals surface area contributed by atoms with Crippen molar-refractivity contribution in [2.45, 2.75) is 20.0 Å². The average Bonchev–Trinajstić information content (AvgIpc) is 2.46.